The molecule has 1 aliphatic rings. The molecule has 1 N–H and O–H groups in total. The Morgan fingerprint density at radius 1 is 1.36 bits per heavy atom. The molecule has 2 rings (SSSR count). The maximum absolute atomic E-state index is 11.6. The van der Waals surface area contributed by atoms with Gasteiger partial charge in [-0.05, 0) is 56.8 Å². The van der Waals surface area contributed by atoms with Gasteiger partial charge in [0.15, 0.2) is 0 Å². The topological polar surface area (TPSA) is 42.0 Å². The van der Waals surface area contributed by atoms with E-state index in [0.717, 1.165) is 12.8 Å². The molecule has 1 aromatic heterocycles. The maximum Gasteiger partial charge on any atom is 0.251 e. The molecule has 1 amide bonds. The zero-order valence-corrected chi connectivity index (χ0v) is 10.4. The van der Waals surface area contributed by atoms with Crippen molar-refractivity contribution in [3.8, 4) is 0 Å². The van der Waals surface area contributed by atoms with Crippen LogP contribution in [0.3, 0.4) is 0 Å². The third kappa shape index (κ3) is 2.54. The number of halogens is 2. The number of aromatic nitrogens is 1. The highest BCUT2D eigenvalue weighted by molar-refractivity contribution is 9.11. The number of amides is 1. The molecule has 0 aliphatic heterocycles. The van der Waals surface area contributed by atoms with E-state index in [-0.39, 0.29) is 5.91 Å². The minimum absolute atomic E-state index is 0.0312. The summed E-state index contributed by atoms with van der Waals surface area (Å²) in [5.74, 6) is -0.0312. The van der Waals surface area contributed by atoms with E-state index in [1.165, 1.54) is 0 Å². The Morgan fingerprint density at radius 3 is 2.43 bits per heavy atom. The van der Waals surface area contributed by atoms with Crippen LogP contribution in [0, 0.1) is 0 Å². The van der Waals surface area contributed by atoms with Gasteiger partial charge in [-0.2, -0.15) is 0 Å². The summed E-state index contributed by atoms with van der Waals surface area (Å²) < 4.78 is 1.32. The molecule has 1 fully saturated rings. The smallest absolute Gasteiger partial charge is 0.251 e. The second-order valence-corrected chi connectivity index (χ2v) is 4.87. The molecular formula is C9H8Br2N2O. The van der Waals surface area contributed by atoms with Gasteiger partial charge in [0.2, 0.25) is 0 Å². The van der Waals surface area contributed by atoms with Crippen molar-refractivity contribution in [2.45, 2.75) is 18.9 Å². The summed E-state index contributed by atoms with van der Waals surface area (Å²) >= 11 is 6.48. The minimum Gasteiger partial charge on any atom is -0.349 e. The Labute approximate surface area is 98.6 Å². The highest BCUT2D eigenvalue weighted by atomic mass is 79.9. The average molecular weight is 320 g/mol. The van der Waals surface area contributed by atoms with Crippen molar-refractivity contribution in [1.82, 2.24) is 10.3 Å². The first kappa shape index (κ1) is 10.1. The first-order chi connectivity index (χ1) is 6.65. The molecule has 0 atom stereocenters. The van der Waals surface area contributed by atoms with Crippen LogP contribution in [-0.4, -0.2) is 16.9 Å². The third-order valence-electron chi connectivity index (χ3n) is 1.94. The van der Waals surface area contributed by atoms with Crippen LogP contribution < -0.4 is 5.32 Å². The van der Waals surface area contributed by atoms with Crippen LogP contribution in [0.15, 0.2) is 21.3 Å². The molecule has 1 aliphatic carbocycles. The van der Waals surface area contributed by atoms with E-state index < -0.39 is 0 Å². The van der Waals surface area contributed by atoms with E-state index in [0.29, 0.717) is 20.8 Å². The summed E-state index contributed by atoms with van der Waals surface area (Å²) in [4.78, 5) is 15.7. The molecule has 0 aromatic carbocycles. The highest BCUT2D eigenvalue weighted by Crippen LogP contribution is 2.20. The van der Waals surface area contributed by atoms with E-state index in [2.05, 4.69) is 42.2 Å². The lowest BCUT2D eigenvalue weighted by Crippen LogP contribution is -2.25. The molecular weight excluding hydrogens is 312 g/mol. The predicted molar refractivity (Wildman–Crippen MR) is 60.1 cm³/mol. The number of pyridine rings is 1. The van der Waals surface area contributed by atoms with Crippen molar-refractivity contribution in [2.24, 2.45) is 0 Å². The number of nitrogens with one attached hydrogen (secondary N) is 1. The number of hydrogen-bond acceptors (Lipinski definition) is 2. The van der Waals surface area contributed by atoms with Gasteiger partial charge in [-0.25, -0.2) is 4.98 Å². The van der Waals surface area contributed by atoms with Gasteiger partial charge in [0, 0.05) is 11.6 Å². The van der Waals surface area contributed by atoms with Gasteiger partial charge in [-0.1, -0.05) is 0 Å². The lowest BCUT2D eigenvalue weighted by molar-refractivity contribution is 0.0951. The molecule has 1 saturated carbocycles. The Bertz CT molecular complexity index is 357. The van der Waals surface area contributed by atoms with Gasteiger partial charge in [0.25, 0.3) is 5.91 Å². The number of nitrogens with zero attached hydrogens (tertiary/aromatic N) is 1. The van der Waals surface area contributed by atoms with Crippen molar-refractivity contribution in [3.63, 3.8) is 0 Å². The molecule has 14 heavy (non-hydrogen) atoms. The second kappa shape index (κ2) is 3.98. The van der Waals surface area contributed by atoms with Gasteiger partial charge >= 0.3 is 0 Å². The summed E-state index contributed by atoms with van der Waals surface area (Å²) in [5, 5.41) is 2.92. The molecule has 1 aromatic rings. The van der Waals surface area contributed by atoms with Crippen molar-refractivity contribution in [3.05, 3.63) is 26.9 Å². The zero-order valence-electron chi connectivity index (χ0n) is 7.26. The van der Waals surface area contributed by atoms with Gasteiger partial charge < -0.3 is 5.32 Å². The van der Waals surface area contributed by atoms with Crippen LogP contribution in [-0.2, 0) is 0 Å². The normalized spacial score (nSPS) is 15.3. The average Bonchev–Trinajstić information content (AvgIpc) is 2.86. The van der Waals surface area contributed by atoms with Crippen LogP contribution in [0.2, 0.25) is 0 Å². The summed E-state index contributed by atoms with van der Waals surface area (Å²) in [7, 11) is 0. The lowest BCUT2D eigenvalue weighted by Gasteiger charge is -2.03. The Balaban J connectivity index is 2.17. The molecule has 74 valence electrons. The molecule has 0 saturated heterocycles. The zero-order chi connectivity index (χ0) is 10.1. The van der Waals surface area contributed by atoms with Crippen LogP contribution in [0.1, 0.15) is 23.2 Å². The maximum atomic E-state index is 11.6. The summed E-state index contributed by atoms with van der Waals surface area (Å²) in [5.41, 5.74) is 0.630. The van der Waals surface area contributed by atoms with Crippen LogP contribution in [0.5, 0.6) is 0 Å². The number of carbonyl (C=O) groups excluding carboxylic acids is 1. The first-order valence-corrected chi connectivity index (χ1v) is 5.88. The van der Waals surface area contributed by atoms with Crippen molar-refractivity contribution < 1.29 is 4.79 Å². The molecule has 0 unspecified atom stereocenters. The van der Waals surface area contributed by atoms with Crippen LogP contribution in [0.4, 0.5) is 0 Å². The minimum atomic E-state index is -0.0312. The SMILES string of the molecule is O=C(NC1CC1)c1cc(Br)nc(Br)c1. The fourth-order valence-electron chi connectivity index (χ4n) is 1.09. The number of rotatable bonds is 2. The van der Waals surface area contributed by atoms with Crippen molar-refractivity contribution in [2.75, 3.05) is 0 Å². The predicted octanol–water partition coefficient (Wildman–Crippen LogP) is 2.50. The van der Waals surface area contributed by atoms with E-state index in [4.69, 9.17) is 0 Å². The summed E-state index contributed by atoms with van der Waals surface area (Å²) in [6.07, 6.45) is 2.19. The largest absolute Gasteiger partial charge is 0.349 e. The monoisotopic (exact) mass is 318 g/mol. The Kier molecular flexibility index (Phi) is 2.88. The molecule has 5 heteroatoms. The standard InChI is InChI=1S/C9H8Br2N2O/c10-7-3-5(4-8(11)13-7)9(14)12-6-1-2-6/h3-4,6H,1-2H2,(H,12,14). The molecule has 0 bridgehead atoms. The molecule has 0 spiro atoms. The first-order valence-electron chi connectivity index (χ1n) is 4.29. The van der Waals surface area contributed by atoms with Gasteiger partial charge in [0.05, 0.1) is 0 Å². The fourth-order valence-corrected chi connectivity index (χ4v) is 2.21. The second-order valence-electron chi connectivity index (χ2n) is 3.25. The Morgan fingerprint density at radius 2 is 1.93 bits per heavy atom. The summed E-state index contributed by atoms with van der Waals surface area (Å²) in [6.45, 7) is 0. The lowest BCUT2D eigenvalue weighted by atomic mass is 10.2. The van der Waals surface area contributed by atoms with E-state index in [9.17, 15) is 4.79 Å². The summed E-state index contributed by atoms with van der Waals surface area (Å²) in [6, 6.07) is 3.80. The molecule has 1 heterocycles. The van der Waals surface area contributed by atoms with Gasteiger partial charge in [0.1, 0.15) is 9.21 Å². The van der Waals surface area contributed by atoms with Crippen LogP contribution >= 0.6 is 31.9 Å². The van der Waals surface area contributed by atoms with E-state index >= 15 is 0 Å². The Hall–Kier alpha value is -0.420. The van der Waals surface area contributed by atoms with Gasteiger partial charge in [-0.15, -0.1) is 0 Å². The molecule has 3 nitrogen and oxygen atoms in total. The van der Waals surface area contributed by atoms with E-state index in [1.807, 2.05) is 0 Å². The third-order valence-corrected chi connectivity index (χ3v) is 2.75. The fraction of sp³-hybridized carbons (Fsp3) is 0.333. The quantitative estimate of drug-likeness (QED) is 0.851. The highest BCUT2D eigenvalue weighted by Gasteiger charge is 2.23. The molecule has 0 radical (unpaired) electrons. The van der Waals surface area contributed by atoms with Crippen LogP contribution in [0.25, 0.3) is 0 Å². The van der Waals surface area contributed by atoms with Crippen molar-refractivity contribution >= 4 is 37.8 Å². The van der Waals surface area contributed by atoms with E-state index in [1.54, 1.807) is 12.1 Å². The number of hydrogen-bond donors (Lipinski definition) is 1. The number of carbonyl (C=O) groups is 1. The van der Waals surface area contributed by atoms with Gasteiger partial charge in [-0.3, -0.25) is 4.79 Å². The van der Waals surface area contributed by atoms with Crippen molar-refractivity contribution in [1.29, 1.82) is 0 Å².